The van der Waals surface area contributed by atoms with Gasteiger partial charge in [-0.1, -0.05) is 30.3 Å². The van der Waals surface area contributed by atoms with E-state index < -0.39 is 5.97 Å². The second kappa shape index (κ2) is 7.61. The molecule has 0 saturated carbocycles. The van der Waals surface area contributed by atoms with Gasteiger partial charge in [0.2, 0.25) is 0 Å². The summed E-state index contributed by atoms with van der Waals surface area (Å²) >= 11 is 0. The maximum Gasteiger partial charge on any atom is 0.341 e. The van der Waals surface area contributed by atoms with Crippen LogP contribution in [0.3, 0.4) is 0 Å². The van der Waals surface area contributed by atoms with Gasteiger partial charge in [-0.2, -0.15) is 0 Å². The average molecular weight is 290 g/mol. The molecule has 0 heterocycles. The largest absolute Gasteiger partial charge is 0.466 e. The first-order chi connectivity index (χ1) is 10.3. The maximum atomic E-state index is 11.9. The van der Waals surface area contributed by atoms with E-state index in [0.29, 0.717) is 24.5 Å². The molecule has 0 N–H and O–H groups in total. The van der Waals surface area contributed by atoms with Crippen LogP contribution in [-0.2, 0) is 14.2 Å². The van der Waals surface area contributed by atoms with Crippen LogP contribution in [0.2, 0.25) is 0 Å². The summed E-state index contributed by atoms with van der Waals surface area (Å²) < 4.78 is 20.6. The number of fused-ring (bicyclic) bond motifs is 1. The van der Waals surface area contributed by atoms with Crippen LogP contribution in [0.25, 0.3) is 10.8 Å². The lowest BCUT2D eigenvalue weighted by Crippen LogP contribution is -2.11. The SMILES string of the molecule is COCCOCOc1c(C(=O)OC)ccc2ccccc12. The van der Waals surface area contributed by atoms with Crippen LogP contribution in [0.4, 0.5) is 0 Å². The van der Waals surface area contributed by atoms with Gasteiger partial charge in [0.1, 0.15) is 11.3 Å². The van der Waals surface area contributed by atoms with Gasteiger partial charge >= 0.3 is 5.97 Å². The molecule has 5 heteroatoms. The molecule has 5 nitrogen and oxygen atoms in total. The molecule has 2 aromatic carbocycles. The summed E-state index contributed by atoms with van der Waals surface area (Å²) in [4.78, 5) is 11.9. The van der Waals surface area contributed by atoms with Crippen molar-refractivity contribution in [3.8, 4) is 5.75 Å². The first kappa shape index (κ1) is 15.3. The third-order valence-electron chi connectivity index (χ3n) is 3.00. The summed E-state index contributed by atoms with van der Waals surface area (Å²) in [7, 11) is 2.95. The molecule has 0 aliphatic heterocycles. The molecule has 0 unspecified atom stereocenters. The van der Waals surface area contributed by atoms with Gasteiger partial charge < -0.3 is 18.9 Å². The minimum atomic E-state index is -0.437. The number of methoxy groups -OCH3 is 2. The number of carbonyl (C=O) groups is 1. The van der Waals surface area contributed by atoms with Gasteiger partial charge in [-0.25, -0.2) is 4.79 Å². The van der Waals surface area contributed by atoms with Crippen molar-refractivity contribution in [2.45, 2.75) is 0 Å². The minimum Gasteiger partial charge on any atom is -0.466 e. The summed E-state index contributed by atoms with van der Waals surface area (Å²) in [5, 5.41) is 1.83. The molecular formula is C16H18O5. The van der Waals surface area contributed by atoms with Crippen LogP contribution in [0.5, 0.6) is 5.75 Å². The topological polar surface area (TPSA) is 54.0 Å². The first-order valence-electron chi connectivity index (χ1n) is 6.57. The number of esters is 1. The standard InChI is InChI=1S/C16H18O5/c1-18-9-10-20-11-21-15-13-6-4-3-5-12(13)7-8-14(15)16(17)19-2/h3-8H,9-11H2,1-2H3. The highest BCUT2D eigenvalue weighted by molar-refractivity contribution is 6.01. The Morgan fingerprint density at radius 3 is 2.62 bits per heavy atom. The third kappa shape index (κ3) is 3.71. The van der Waals surface area contributed by atoms with E-state index in [1.54, 1.807) is 13.2 Å². The van der Waals surface area contributed by atoms with Gasteiger partial charge in [0, 0.05) is 12.5 Å². The van der Waals surface area contributed by atoms with E-state index in [4.69, 9.17) is 18.9 Å². The van der Waals surface area contributed by atoms with Crippen LogP contribution >= 0.6 is 0 Å². The zero-order chi connectivity index (χ0) is 15.1. The highest BCUT2D eigenvalue weighted by atomic mass is 16.7. The summed E-state index contributed by atoms with van der Waals surface area (Å²) in [5.74, 6) is 0.0324. The van der Waals surface area contributed by atoms with Gasteiger partial charge in [-0.3, -0.25) is 0 Å². The minimum absolute atomic E-state index is 0.0430. The quantitative estimate of drug-likeness (QED) is 0.446. The molecule has 0 fully saturated rings. The molecule has 0 saturated heterocycles. The molecule has 2 aromatic rings. The van der Waals surface area contributed by atoms with E-state index in [2.05, 4.69) is 0 Å². The van der Waals surface area contributed by atoms with Crippen molar-refractivity contribution in [1.82, 2.24) is 0 Å². The van der Waals surface area contributed by atoms with Crippen LogP contribution in [0, 0.1) is 0 Å². The molecule has 0 bridgehead atoms. The molecule has 2 rings (SSSR count). The Bertz CT molecular complexity index is 609. The predicted octanol–water partition coefficient (Wildman–Crippen LogP) is 2.63. The lowest BCUT2D eigenvalue weighted by Gasteiger charge is -2.13. The third-order valence-corrected chi connectivity index (χ3v) is 3.00. The first-order valence-corrected chi connectivity index (χ1v) is 6.57. The molecule has 112 valence electrons. The van der Waals surface area contributed by atoms with E-state index in [0.717, 1.165) is 10.8 Å². The Labute approximate surface area is 123 Å². The summed E-state index contributed by atoms with van der Waals surface area (Å²) in [5.41, 5.74) is 0.381. The predicted molar refractivity (Wildman–Crippen MR) is 78.6 cm³/mol. The van der Waals surface area contributed by atoms with Crippen molar-refractivity contribution in [3.63, 3.8) is 0 Å². The normalized spacial score (nSPS) is 10.6. The second-order valence-corrected chi connectivity index (χ2v) is 4.32. The van der Waals surface area contributed by atoms with Gasteiger partial charge in [-0.15, -0.1) is 0 Å². The van der Waals surface area contributed by atoms with Crippen molar-refractivity contribution < 1.29 is 23.7 Å². The second-order valence-electron chi connectivity index (χ2n) is 4.32. The maximum absolute atomic E-state index is 11.9. The lowest BCUT2D eigenvalue weighted by molar-refractivity contribution is -0.00837. The van der Waals surface area contributed by atoms with Crippen molar-refractivity contribution in [2.24, 2.45) is 0 Å². The Kier molecular flexibility index (Phi) is 5.54. The van der Waals surface area contributed by atoms with Crippen molar-refractivity contribution in [3.05, 3.63) is 42.0 Å². The van der Waals surface area contributed by atoms with Crippen LogP contribution in [0.15, 0.2) is 36.4 Å². The van der Waals surface area contributed by atoms with Crippen LogP contribution < -0.4 is 4.74 Å². The Morgan fingerprint density at radius 1 is 1.05 bits per heavy atom. The molecule has 21 heavy (non-hydrogen) atoms. The fourth-order valence-corrected chi connectivity index (χ4v) is 1.97. The number of carbonyl (C=O) groups excluding carboxylic acids is 1. The highest BCUT2D eigenvalue weighted by Gasteiger charge is 2.16. The fourth-order valence-electron chi connectivity index (χ4n) is 1.97. The van der Waals surface area contributed by atoms with E-state index in [-0.39, 0.29) is 6.79 Å². The van der Waals surface area contributed by atoms with Crippen molar-refractivity contribution in [2.75, 3.05) is 34.2 Å². The molecule has 0 aliphatic carbocycles. The Balaban J connectivity index is 2.26. The number of hydrogen-bond donors (Lipinski definition) is 0. The summed E-state index contributed by atoms with van der Waals surface area (Å²) in [6.45, 7) is 0.957. The summed E-state index contributed by atoms with van der Waals surface area (Å²) in [6, 6.07) is 11.2. The smallest absolute Gasteiger partial charge is 0.341 e. The van der Waals surface area contributed by atoms with Crippen LogP contribution in [0.1, 0.15) is 10.4 Å². The molecular weight excluding hydrogens is 272 g/mol. The monoisotopic (exact) mass is 290 g/mol. The molecule has 0 atom stereocenters. The number of ether oxygens (including phenoxy) is 4. The molecule has 0 amide bonds. The van der Waals surface area contributed by atoms with E-state index >= 15 is 0 Å². The number of rotatable bonds is 7. The molecule has 0 aliphatic rings. The van der Waals surface area contributed by atoms with E-state index in [1.165, 1.54) is 7.11 Å². The Hall–Kier alpha value is -2.11. The van der Waals surface area contributed by atoms with Gasteiger partial charge in [-0.05, 0) is 11.5 Å². The zero-order valence-corrected chi connectivity index (χ0v) is 12.1. The fraction of sp³-hybridized carbons (Fsp3) is 0.312. The number of benzene rings is 2. The average Bonchev–Trinajstić information content (AvgIpc) is 2.53. The van der Waals surface area contributed by atoms with Crippen molar-refractivity contribution >= 4 is 16.7 Å². The van der Waals surface area contributed by atoms with E-state index in [1.807, 2.05) is 30.3 Å². The lowest BCUT2D eigenvalue weighted by atomic mass is 10.1. The van der Waals surface area contributed by atoms with Gasteiger partial charge in [0.25, 0.3) is 0 Å². The van der Waals surface area contributed by atoms with Crippen molar-refractivity contribution in [1.29, 1.82) is 0 Å². The van der Waals surface area contributed by atoms with Crippen LogP contribution in [-0.4, -0.2) is 40.2 Å². The molecule has 0 aromatic heterocycles. The molecule has 0 spiro atoms. The van der Waals surface area contributed by atoms with E-state index in [9.17, 15) is 4.79 Å². The van der Waals surface area contributed by atoms with Gasteiger partial charge in [0.05, 0.1) is 20.3 Å². The Morgan fingerprint density at radius 2 is 1.86 bits per heavy atom. The zero-order valence-electron chi connectivity index (χ0n) is 12.1. The van der Waals surface area contributed by atoms with Gasteiger partial charge in [0.15, 0.2) is 6.79 Å². The molecule has 0 radical (unpaired) electrons. The highest BCUT2D eigenvalue weighted by Crippen LogP contribution is 2.30. The number of hydrogen-bond acceptors (Lipinski definition) is 5. The summed E-state index contributed by atoms with van der Waals surface area (Å²) in [6.07, 6.45) is 0.